The molecule has 17 heavy (non-hydrogen) atoms. The van der Waals surface area contributed by atoms with E-state index in [4.69, 9.17) is 4.42 Å². The Labute approximate surface area is 97.4 Å². The van der Waals surface area contributed by atoms with Gasteiger partial charge in [0, 0.05) is 17.7 Å². The molecular formula is C11H11N3O3. The third kappa shape index (κ3) is 2.48. The van der Waals surface area contributed by atoms with E-state index in [2.05, 4.69) is 10.3 Å². The second-order valence-corrected chi connectivity index (χ2v) is 3.45. The van der Waals surface area contributed by atoms with Crippen LogP contribution in [-0.2, 0) is 6.54 Å². The predicted octanol–water partition coefficient (Wildman–Crippen LogP) is 1.97. The van der Waals surface area contributed by atoms with Crippen molar-refractivity contribution in [1.82, 2.24) is 10.3 Å². The van der Waals surface area contributed by atoms with Crippen LogP contribution in [0.25, 0.3) is 11.3 Å². The van der Waals surface area contributed by atoms with E-state index in [0.29, 0.717) is 18.2 Å². The van der Waals surface area contributed by atoms with Crippen molar-refractivity contribution in [2.24, 2.45) is 0 Å². The highest BCUT2D eigenvalue weighted by atomic mass is 16.6. The van der Waals surface area contributed by atoms with Gasteiger partial charge in [-0.15, -0.1) is 0 Å². The molecule has 0 atom stereocenters. The van der Waals surface area contributed by atoms with Gasteiger partial charge in [-0.25, -0.2) is 4.98 Å². The fourth-order valence-corrected chi connectivity index (χ4v) is 1.42. The van der Waals surface area contributed by atoms with Crippen LogP contribution in [0.2, 0.25) is 0 Å². The van der Waals surface area contributed by atoms with Crippen LogP contribution < -0.4 is 5.32 Å². The summed E-state index contributed by atoms with van der Waals surface area (Å²) in [6.07, 6.45) is 1.60. The van der Waals surface area contributed by atoms with Crippen molar-refractivity contribution >= 4 is 5.69 Å². The van der Waals surface area contributed by atoms with Crippen molar-refractivity contribution < 1.29 is 9.34 Å². The molecule has 0 bridgehead atoms. The maximum atomic E-state index is 10.5. The number of rotatable bonds is 4. The Bertz CT molecular complexity index is 519. The summed E-state index contributed by atoms with van der Waals surface area (Å²) in [6.45, 7) is 0.549. The first-order valence-electron chi connectivity index (χ1n) is 5.05. The van der Waals surface area contributed by atoms with E-state index in [0.717, 1.165) is 5.56 Å². The van der Waals surface area contributed by atoms with Gasteiger partial charge in [-0.1, -0.05) is 0 Å². The number of nitrogens with zero attached hydrogens (tertiary/aromatic N) is 2. The summed E-state index contributed by atoms with van der Waals surface area (Å²) in [7, 11) is 1.80. The number of benzene rings is 1. The van der Waals surface area contributed by atoms with Crippen molar-refractivity contribution in [1.29, 1.82) is 0 Å². The summed E-state index contributed by atoms with van der Waals surface area (Å²) in [5.74, 6) is 1.19. The first kappa shape index (κ1) is 11.3. The lowest BCUT2D eigenvalue weighted by Crippen LogP contribution is -2.04. The zero-order valence-corrected chi connectivity index (χ0v) is 9.21. The Hall–Kier alpha value is -2.21. The van der Waals surface area contributed by atoms with Gasteiger partial charge < -0.3 is 9.73 Å². The van der Waals surface area contributed by atoms with Crippen LogP contribution in [0, 0.1) is 10.1 Å². The van der Waals surface area contributed by atoms with Crippen LogP contribution in [0.3, 0.4) is 0 Å². The average Bonchev–Trinajstić information content (AvgIpc) is 2.78. The van der Waals surface area contributed by atoms with E-state index >= 15 is 0 Å². The van der Waals surface area contributed by atoms with Crippen molar-refractivity contribution in [3.05, 3.63) is 46.5 Å². The first-order chi connectivity index (χ1) is 8.20. The highest BCUT2D eigenvalue weighted by molar-refractivity contribution is 5.58. The van der Waals surface area contributed by atoms with Crippen LogP contribution in [0.4, 0.5) is 5.69 Å². The molecule has 1 aromatic carbocycles. The molecular weight excluding hydrogens is 222 g/mol. The number of hydrogen-bond donors (Lipinski definition) is 1. The second kappa shape index (κ2) is 4.75. The summed E-state index contributed by atoms with van der Waals surface area (Å²) >= 11 is 0. The smallest absolute Gasteiger partial charge is 0.269 e. The van der Waals surface area contributed by atoms with E-state index in [9.17, 15) is 10.1 Å². The van der Waals surface area contributed by atoms with Gasteiger partial charge >= 0.3 is 0 Å². The number of aromatic nitrogens is 1. The minimum Gasteiger partial charge on any atom is -0.439 e. The molecule has 0 radical (unpaired) electrons. The summed E-state index contributed by atoms with van der Waals surface area (Å²) in [5.41, 5.74) is 0.828. The number of non-ortho nitro benzene ring substituents is 1. The molecule has 0 saturated carbocycles. The Balaban J connectivity index is 2.23. The van der Waals surface area contributed by atoms with Crippen LogP contribution in [0.1, 0.15) is 5.89 Å². The van der Waals surface area contributed by atoms with Crippen molar-refractivity contribution in [2.75, 3.05) is 7.05 Å². The molecule has 1 aromatic heterocycles. The lowest BCUT2D eigenvalue weighted by atomic mass is 10.2. The zero-order chi connectivity index (χ0) is 12.3. The summed E-state index contributed by atoms with van der Waals surface area (Å²) in [5, 5.41) is 13.4. The summed E-state index contributed by atoms with van der Waals surface area (Å²) in [6, 6.07) is 6.16. The normalized spacial score (nSPS) is 10.4. The number of hydrogen-bond acceptors (Lipinski definition) is 5. The fourth-order valence-electron chi connectivity index (χ4n) is 1.42. The fraction of sp³-hybridized carbons (Fsp3) is 0.182. The highest BCUT2D eigenvalue weighted by Crippen LogP contribution is 2.22. The molecule has 0 aliphatic heterocycles. The van der Waals surface area contributed by atoms with Crippen LogP contribution in [0.15, 0.2) is 34.9 Å². The molecule has 1 N–H and O–H groups in total. The largest absolute Gasteiger partial charge is 0.439 e. The molecule has 2 aromatic rings. The van der Waals surface area contributed by atoms with Crippen molar-refractivity contribution in [3.63, 3.8) is 0 Å². The number of nitrogens with one attached hydrogen (secondary N) is 1. The molecule has 2 rings (SSSR count). The van der Waals surface area contributed by atoms with Crippen LogP contribution in [0.5, 0.6) is 0 Å². The minimum absolute atomic E-state index is 0.0590. The first-order valence-corrected chi connectivity index (χ1v) is 5.05. The lowest BCUT2D eigenvalue weighted by Gasteiger charge is -1.96. The molecule has 6 heteroatoms. The van der Waals surface area contributed by atoms with Gasteiger partial charge in [0.25, 0.3) is 5.69 Å². The predicted molar refractivity (Wildman–Crippen MR) is 61.4 cm³/mol. The van der Waals surface area contributed by atoms with E-state index < -0.39 is 4.92 Å². The molecule has 6 nitrogen and oxygen atoms in total. The quantitative estimate of drug-likeness (QED) is 0.645. The van der Waals surface area contributed by atoms with E-state index in [1.54, 1.807) is 25.4 Å². The zero-order valence-electron chi connectivity index (χ0n) is 9.21. The highest BCUT2D eigenvalue weighted by Gasteiger charge is 2.08. The van der Waals surface area contributed by atoms with Gasteiger partial charge in [-0.2, -0.15) is 0 Å². The molecule has 88 valence electrons. The van der Waals surface area contributed by atoms with Gasteiger partial charge in [0.15, 0.2) is 5.76 Å². The third-order valence-electron chi connectivity index (χ3n) is 2.24. The van der Waals surface area contributed by atoms with Gasteiger partial charge in [0.1, 0.15) is 0 Å². The molecule has 0 fully saturated rings. The number of nitro groups is 1. The van der Waals surface area contributed by atoms with Crippen LogP contribution >= 0.6 is 0 Å². The Kier molecular flexibility index (Phi) is 3.15. The molecule has 0 aliphatic rings. The molecule has 0 saturated heterocycles. The molecule has 1 heterocycles. The van der Waals surface area contributed by atoms with Gasteiger partial charge in [0.05, 0.1) is 17.7 Å². The molecule has 0 amide bonds. The number of oxazole rings is 1. The Morgan fingerprint density at radius 1 is 1.41 bits per heavy atom. The molecule has 0 aliphatic carbocycles. The molecule has 0 unspecified atom stereocenters. The SMILES string of the molecule is CNCc1ncc(-c2ccc([N+](=O)[O-])cc2)o1. The standard InChI is InChI=1S/C11H11N3O3/c1-12-7-11-13-6-10(17-11)8-2-4-9(5-3-8)14(15)16/h2-6,12H,7H2,1H3. The Morgan fingerprint density at radius 3 is 2.71 bits per heavy atom. The maximum absolute atomic E-state index is 10.5. The summed E-state index contributed by atoms with van der Waals surface area (Å²) < 4.78 is 5.47. The van der Waals surface area contributed by atoms with E-state index in [1.165, 1.54) is 12.1 Å². The third-order valence-corrected chi connectivity index (χ3v) is 2.24. The monoisotopic (exact) mass is 233 g/mol. The molecule has 0 spiro atoms. The van der Waals surface area contributed by atoms with Gasteiger partial charge in [-0.05, 0) is 19.2 Å². The maximum Gasteiger partial charge on any atom is 0.269 e. The Morgan fingerprint density at radius 2 is 2.12 bits per heavy atom. The lowest BCUT2D eigenvalue weighted by molar-refractivity contribution is -0.384. The second-order valence-electron chi connectivity index (χ2n) is 3.45. The van der Waals surface area contributed by atoms with Gasteiger partial charge in [-0.3, -0.25) is 10.1 Å². The average molecular weight is 233 g/mol. The van der Waals surface area contributed by atoms with E-state index in [-0.39, 0.29) is 5.69 Å². The van der Waals surface area contributed by atoms with Crippen molar-refractivity contribution in [2.45, 2.75) is 6.54 Å². The van der Waals surface area contributed by atoms with Crippen molar-refractivity contribution in [3.8, 4) is 11.3 Å². The minimum atomic E-state index is -0.434. The van der Waals surface area contributed by atoms with Crippen LogP contribution in [-0.4, -0.2) is 17.0 Å². The number of nitro benzene ring substituents is 1. The van der Waals surface area contributed by atoms with Gasteiger partial charge in [0.2, 0.25) is 5.89 Å². The summed E-state index contributed by atoms with van der Waals surface area (Å²) in [4.78, 5) is 14.1. The van der Waals surface area contributed by atoms with E-state index in [1.807, 2.05) is 0 Å². The topological polar surface area (TPSA) is 81.2 Å².